The Hall–Kier alpha value is -1.90. The quantitative estimate of drug-likeness (QED) is 0.739. The van der Waals surface area contributed by atoms with E-state index in [1.54, 1.807) is 18.6 Å². The zero-order valence-electron chi connectivity index (χ0n) is 7.94. The Morgan fingerprint density at radius 1 is 1.14 bits per heavy atom. The van der Waals surface area contributed by atoms with Crippen molar-refractivity contribution in [3.63, 3.8) is 0 Å². The first-order valence-corrected chi connectivity index (χ1v) is 4.39. The van der Waals surface area contributed by atoms with Crippen molar-refractivity contribution in [3.8, 4) is 11.1 Å². The molecule has 0 spiro atoms. The summed E-state index contributed by atoms with van der Waals surface area (Å²) in [4.78, 5) is 8.07. The molecule has 0 aliphatic carbocycles. The van der Waals surface area contributed by atoms with Gasteiger partial charge in [0.05, 0.1) is 11.9 Å². The topological polar surface area (TPSA) is 51.8 Å². The van der Waals surface area contributed by atoms with Crippen molar-refractivity contribution in [1.29, 1.82) is 0 Å². The number of aryl methyl sites for hydroxylation is 1. The Balaban J connectivity index is 2.55. The molecule has 3 nitrogen and oxygen atoms in total. The van der Waals surface area contributed by atoms with Crippen LogP contribution < -0.4 is 5.73 Å². The molecule has 2 heterocycles. The minimum absolute atomic E-state index is 0.680. The molecule has 0 fully saturated rings. The van der Waals surface area contributed by atoms with Gasteiger partial charge in [0.25, 0.3) is 0 Å². The lowest BCUT2D eigenvalue weighted by molar-refractivity contribution is 1.26. The van der Waals surface area contributed by atoms with Crippen LogP contribution in [0, 0.1) is 6.92 Å². The van der Waals surface area contributed by atoms with Crippen molar-refractivity contribution in [2.45, 2.75) is 6.92 Å². The number of anilines is 1. The second-order valence-corrected chi connectivity index (χ2v) is 3.21. The number of rotatable bonds is 1. The number of nitrogens with zero attached hydrogens (tertiary/aromatic N) is 2. The summed E-state index contributed by atoms with van der Waals surface area (Å²) >= 11 is 0. The monoisotopic (exact) mass is 185 g/mol. The second kappa shape index (κ2) is 3.46. The van der Waals surface area contributed by atoms with Crippen LogP contribution in [0.1, 0.15) is 5.56 Å². The van der Waals surface area contributed by atoms with Crippen LogP contribution in [-0.4, -0.2) is 9.97 Å². The lowest BCUT2D eigenvalue weighted by atomic mass is 10.1. The van der Waals surface area contributed by atoms with Crippen LogP contribution >= 0.6 is 0 Å². The number of aromatic nitrogens is 2. The molecule has 2 N–H and O–H groups in total. The molecule has 2 rings (SSSR count). The van der Waals surface area contributed by atoms with Crippen molar-refractivity contribution >= 4 is 5.69 Å². The minimum atomic E-state index is 0.680. The summed E-state index contributed by atoms with van der Waals surface area (Å²) in [6.07, 6.45) is 7.01. The highest BCUT2D eigenvalue weighted by molar-refractivity contribution is 5.74. The Bertz CT molecular complexity index is 452. The van der Waals surface area contributed by atoms with Crippen LogP contribution in [0.25, 0.3) is 11.1 Å². The van der Waals surface area contributed by atoms with Gasteiger partial charge in [-0.2, -0.15) is 0 Å². The lowest BCUT2D eigenvalue weighted by Gasteiger charge is -2.04. The van der Waals surface area contributed by atoms with Gasteiger partial charge in [0, 0.05) is 29.7 Å². The molecule has 0 aliphatic heterocycles. The van der Waals surface area contributed by atoms with Crippen molar-refractivity contribution in [1.82, 2.24) is 9.97 Å². The van der Waals surface area contributed by atoms with Gasteiger partial charge < -0.3 is 5.73 Å². The summed E-state index contributed by atoms with van der Waals surface area (Å²) in [5.74, 6) is 0. The molecule has 2 aromatic heterocycles. The van der Waals surface area contributed by atoms with E-state index in [4.69, 9.17) is 5.73 Å². The number of hydrogen-bond donors (Lipinski definition) is 1. The molecule has 0 atom stereocenters. The van der Waals surface area contributed by atoms with Crippen molar-refractivity contribution < 1.29 is 0 Å². The first-order valence-electron chi connectivity index (χ1n) is 4.39. The molecule has 0 aliphatic rings. The average Bonchev–Trinajstić information content (AvgIpc) is 2.18. The maximum atomic E-state index is 5.81. The van der Waals surface area contributed by atoms with Crippen molar-refractivity contribution in [2.24, 2.45) is 0 Å². The normalized spacial score (nSPS) is 10.1. The van der Waals surface area contributed by atoms with E-state index in [2.05, 4.69) is 16.0 Å². The number of nitrogen functional groups attached to an aromatic ring is 1. The second-order valence-electron chi connectivity index (χ2n) is 3.21. The van der Waals surface area contributed by atoms with E-state index in [-0.39, 0.29) is 0 Å². The lowest BCUT2D eigenvalue weighted by Crippen LogP contribution is -1.91. The molecule has 0 amide bonds. The van der Waals surface area contributed by atoms with E-state index in [1.807, 2.05) is 19.2 Å². The maximum absolute atomic E-state index is 5.81. The standard InChI is InChI=1S/C11H11N3/c1-8-4-9(6-14-5-8)10-2-3-13-7-11(10)12/h2-7H,12H2,1H3. The van der Waals surface area contributed by atoms with E-state index in [1.165, 1.54) is 0 Å². The molecule has 0 saturated carbocycles. The number of hydrogen-bond acceptors (Lipinski definition) is 3. The zero-order valence-corrected chi connectivity index (χ0v) is 7.94. The summed E-state index contributed by atoms with van der Waals surface area (Å²) in [6, 6.07) is 3.95. The highest BCUT2D eigenvalue weighted by Gasteiger charge is 2.01. The molecule has 0 aromatic carbocycles. The fourth-order valence-electron chi connectivity index (χ4n) is 1.37. The largest absolute Gasteiger partial charge is 0.397 e. The van der Waals surface area contributed by atoms with Crippen LogP contribution in [0.2, 0.25) is 0 Å². The number of nitrogens with two attached hydrogens (primary N) is 1. The van der Waals surface area contributed by atoms with Gasteiger partial charge >= 0.3 is 0 Å². The van der Waals surface area contributed by atoms with Gasteiger partial charge in [0.2, 0.25) is 0 Å². The predicted octanol–water partition coefficient (Wildman–Crippen LogP) is 2.03. The molecule has 70 valence electrons. The van der Waals surface area contributed by atoms with E-state index in [9.17, 15) is 0 Å². The third-order valence-corrected chi connectivity index (χ3v) is 2.04. The Morgan fingerprint density at radius 3 is 2.71 bits per heavy atom. The summed E-state index contributed by atoms with van der Waals surface area (Å²) in [6.45, 7) is 2.01. The smallest absolute Gasteiger partial charge is 0.0580 e. The zero-order chi connectivity index (χ0) is 9.97. The Kier molecular flexibility index (Phi) is 2.14. The molecule has 3 heteroatoms. The average molecular weight is 185 g/mol. The van der Waals surface area contributed by atoms with Gasteiger partial charge in [-0.05, 0) is 24.6 Å². The van der Waals surface area contributed by atoms with E-state index in [0.717, 1.165) is 16.7 Å². The van der Waals surface area contributed by atoms with Gasteiger partial charge in [-0.15, -0.1) is 0 Å². The fourth-order valence-corrected chi connectivity index (χ4v) is 1.37. The first-order chi connectivity index (χ1) is 6.77. The SMILES string of the molecule is Cc1cncc(-c2ccncc2N)c1. The minimum Gasteiger partial charge on any atom is -0.397 e. The van der Waals surface area contributed by atoms with Crippen LogP contribution in [0.3, 0.4) is 0 Å². The highest BCUT2D eigenvalue weighted by atomic mass is 14.7. The molecule has 14 heavy (non-hydrogen) atoms. The highest BCUT2D eigenvalue weighted by Crippen LogP contribution is 2.23. The molecule has 2 aromatic rings. The molecule has 0 bridgehead atoms. The maximum Gasteiger partial charge on any atom is 0.0580 e. The fraction of sp³-hybridized carbons (Fsp3) is 0.0909. The van der Waals surface area contributed by atoms with E-state index >= 15 is 0 Å². The van der Waals surface area contributed by atoms with Gasteiger partial charge in [-0.1, -0.05) is 0 Å². The van der Waals surface area contributed by atoms with Crippen LogP contribution in [0.15, 0.2) is 36.9 Å². The van der Waals surface area contributed by atoms with Crippen molar-refractivity contribution in [2.75, 3.05) is 5.73 Å². The van der Waals surface area contributed by atoms with Gasteiger partial charge in [-0.25, -0.2) is 0 Å². The first kappa shape index (κ1) is 8.69. The summed E-state index contributed by atoms with van der Waals surface area (Å²) < 4.78 is 0. The van der Waals surface area contributed by atoms with Gasteiger partial charge in [0.1, 0.15) is 0 Å². The Labute approximate surface area is 82.6 Å². The van der Waals surface area contributed by atoms with E-state index < -0.39 is 0 Å². The van der Waals surface area contributed by atoms with Gasteiger partial charge in [0.15, 0.2) is 0 Å². The molecule has 0 saturated heterocycles. The third-order valence-electron chi connectivity index (χ3n) is 2.04. The molecule has 0 radical (unpaired) electrons. The molecular formula is C11H11N3. The summed E-state index contributed by atoms with van der Waals surface area (Å²) in [7, 11) is 0. The third kappa shape index (κ3) is 1.57. The summed E-state index contributed by atoms with van der Waals surface area (Å²) in [5, 5.41) is 0. The summed E-state index contributed by atoms with van der Waals surface area (Å²) in [5.41, 5.74) is 9.63. The molecule has 0 unspecified atom stereocenters. The van der Waals surface area contributed by atoms with Crippen LogP contribution in [-0.2, 0) is 0 Å². The number of pyridine rings is 2. The predicted molar refractivity (Wildman–Crippen MR) is 56.6 cm³/mol. The molecular weight excluding hydrogens is 174 g/mol. The van der Waals surface area contributed by atoms with Crippen LogP contribution in [0.5, 0.6) is 0 Å². The Morgan fingerprint density at radius 2 is 2.00 bits per heavy atom. The van der Waals surface area contributed by atoms with E-state index in [0.29, 0.717) is 5.69 Å². The van der Waals surface area contributed by atoms with Gasteiger partial charge in [-0.3, -0.25) is 9.97 Å². The van der Waals surface area contributed by atoms with Crippen LogP contribution in [0.4, 0.5) is 5.69 Å². The van der Waals surface area contributed by atoms with Crippen molar-refractivity contribution in [3.05, 3.63) is 42.5 Å².